The van der Waals surface area contributed by atoms with Crippen LogP contribution >= 0.6 is 0 Å². The van der Waals surface area contributed by atoms with Crippen molar-refractivity contribution in [1.82, 2.24) is 15.1 Å². The summed E-state index contributed by atoms with van der Waals surface area (Å²) < 4.78 is 1.95. The Kier molecular flexibility index (Phi) is 5.30. The summed E-state index contributed by atoms with van der Waals surface area (Å²) in [5.41, 5.74) is 10.7. The van der Waals surface area contributed by atoms with E-state index in [1.54, 1.807) is 0 Å². The van der Waals surface area contributed by atoms with Crippen molar-refractivity contribution in [3.8, 4) is 5.69 Å². The number of amides is 1. The third-order valence-electron chi connectivity index (χ3n) is 4.65. The normalized spacial score (nSPS) is 13.1. The number of hydrogen-bond acceptors (Lipinski definition) is 3. The monoisotopic (exact) mass is 326 g/mol. The van der Waals surface area contributed by atoms with Crippen LogP contribution in [-0.2, 0) is 19.3 Å². The minimum absolute atomic E-state index is 0.0610. The molecule has 0 fully saturated rings. The Balaban J connectivity index is 1.83. The first-order valence-corrected chi connectivity index (χ1v) is 8.93. The van der Waals surface area contributed by atoms with Gasteiger partial charge in [0.25, 0.3) is 5.91 Å². The lowest BCUT2D eigenvalue weighted by atomic mass is 10.1. The third-order valence-corrected chi connectivity index (χ3v) is 4.65. The predicted octanol–water partition coefficient (Wildman–Crippen LogP) is 2.39. The van der Waals surface area contributed by atoms with Crippen molar-refractivity contribution in [3.05, 3.63) is 46.8 Å². The lowest BCUT2D eigenvalue weighted by Crippen LogP contribution is -2.26. The SMILES string of the molecule is CCc1ccc(-n2nc(C(=O)NCCCCN)c3c2CCC3)cc1. The molecule has 0 atom stereocenters. The van der Waals surface area contributed by atoms with Crippen molar-refractivity contribution < 1.29 is 4.79 Å². The molecule has 5 nitrogen and oxygen atoms in total. The van der Waals surface area contributed by atoms with Crippen LogP contribution < -0.4 is 11.1 Å². The molecule has 0 unspecified atom stereocenters. The summed E-state index contributed by atoms with van der Waals surface area (Å²) in [6, 6.07) is 8.44. The average molecular weight is 326 g/mol. The van der Waals surface area contributed by atoms with E-state index in [0.717, 1.165) is 49.8 Å². The van der Waals surface area contributed by atoms with Crippen molar-refractivity contribution in [2.75, 3.05) is 13.1 Å². The molecule has 128 valence electrons. The number of carbonyl (C=O) groups excluding carboxylic acids is 1. The smallest absolute Gasteiger partial charge is 0.272 e. The molecule has 3 N–H and O–H groups in total. The highest BCUT2D eigenvalue weighted by molar-refractivity contribution is 5.94. The summed E-state index contributed by atoms with van der Waals surface area (Å²) in [6.07, 6.45) is 5.87. The lowest BCUT2D eigenvalue weighted by Gasteiger charge is -2.06. The largest absolute Gasteiger partial charge is 0.351 e. The molecule has 3 rings (SSSR count). The van der Waals surface area contributed by atoms with Gasteiger partial charge < -0.3 is 11.1 Å². The predicted molar refractivity (Wildman–Crippen MR) is 95.6 cm³/mol. The van der Waals surface area contributed by atoms with Gasteiger partial charge in [0.1, 0.15) is 0 Å². The van der Waals surface area contributed by atoms with Gasteiger partial charge in [0.2, 0.25) is 0 Å². The first kappa shape index (κ1) is 16.7. The molecule has 24 heavy (non-hydrogen) atoms. The highest BCUT2D eigenvalue weighted by Gasteiger charge is 2.26. The zero-order valence-corrected chi connectivity index (χ0v) is 14.3. The molecule has 0 radical (unpaired) electrons. The van der Waals surface area contributed by atoms with Crippen molar-refractivity contribution >= 4 is 5.91 Å². The summed E-state index contributed by atoms with van der Waals surface area (Å²) in [6.45, 7) is 3.46. The number of hydrogen-bond donors (Lipinski definition) is 2. The van der Waals surface area contributed by atoms with E-state index in [1.165, 1.54) is 11.3 Å². The minimum Gasteiger partial charge on any atom is -0.351 e. The highest BCUT2D eigenvalue weighted by Crippen LogP contribution is 2.28. The fourth-order valence-electron chi connectivity index (χ4n) is 3.26. The quantitative estimate of drug-likeness (QED) is 0.767. The van der Waals surface area contributed by atoms with Crippen LogP contribution in [0.2, 0.25) is 0 Å². The van der Waals surface area contributed by atoms with E-state index in [-0.39, 0.29) is 5.91 Å². The molecule has 1 amide bonds. The maximum absolute atomic E-state index is 12.5. The average Bonchev–Trinajstić information content (AvgIpc) is 3.21. The molecule has 1 aromatic heterocycles. The minimum atomic E-state index is -0.0610. The standard InChI is InChI=1S/C19H26N4O/c1-2-14-8-10-15(11-9-14)23-17-7-5-6-16(17)18(22-23)19(24)21-13-4-3-12-20/h8-11H,2-7,12-13,20H2,1H3,(H,21,24). The summed E-state index contributed by atoms with van der Waals surface area (Å²) in [4.78, 5) is 12.5. The van der Waals surface area contributed by atoms with Crippen LogP contribution in [0, 0.1) is 0 Å². The number of unbranched alkanes of at least 4 members (excludes halogenated alkanes) is 1. The van der Waals surface area contributed by atoms with Crippen LogP contribution in [0.4, 0.5) is 0 Å². The fourth-order valence-corrected chi connectivity index (χ4v) is 3.26. The van der Waals surface area contributed by atoms with Gasteiger partial charge in [-0.15, -0.1) is 0 Å². The molecule has 5 heteroatoms. The second-order valence-corrected chi connectivity index (χ2v) is 6.31. The van der Waals surface area contributed by atoms with Crippen LogP contribution in [0.15, 0.2) is 24.3 Å². The number of carbonyl (C=O) groups is 1. The molecular formula is C19H26N4O. The van der Waals surface area contributed by atoms with E-state index < -0.39 is 0 Å². The van der Waals surface area contributed by atoms with Crippen molar-refractivity contribution in [1.29, 1.82) is 0 Å². The number of benzene rings is 1. The molecule has 0 aliphatic heterocycles. The van der Waals surface area contributed by atoms with Crippen LogP contribution in [-0.4, -0.2) is 28.8 Å². The maximum atomic E-state index is 12.5. The van der Waals surface area contributed by atoms with E-state index in [1.807, 2.05) is 4.68 Å². The number of nitrogens with two attached hydrogens (primary N) is 1. The van der Waals surface area contributed by atoms with Crippen molar-refractivity contribution in [2.24, 2.45) is 5.73 Å². The van der Waals surface area contributed by atoms with Crippen molar-refractivity contribution in [2.45, 2.75) is 45.4 Å². The molecule has 0 bridgehead atoms. The molecule has 1 aliphatic carbocycles. The van der Waals surface area contributed by atoms with Gasteiger partial charge in [0, 0.05) is 17.8 Å². The second-order valence-electron chi connectivity index (χ2n) is 6.31. The van der Waals surface area contributed by atoms with Crippen LogP contribution in [0.1, 0.15) is 53.5 Å². The number of nitrogens with one attached hydrogen (secondary N) is 1. The summed E-state index contributed by atoms with van der Waals surface area (Å²) in [5.74, 6) is -0.0610. The Hall–Kier alpha value is -2.14. The van der Waals surface area contributed by atoms with Gasteiger partial charge in [0.15, 0.2) is 5.69 Å². The van der Waals surface area contributed by atoms with Gasteiger partial charge in [0.05, 0.1) is 5.69 Å². The van der Waals surface area contributed by atoms with Crippen molar-refractivity contribution in [3.63, 3.8) is 0 Å². The van der Waals surface area contributed by atoms with E-state index in [4.69, 9.17) is 5.73 Å². The molecule has 1 aliphatic rings. The number of rotatable bonds is 7. The Morgan fingerprint density at radius 1 is 1.25 bits per heavy atom. The molecule has 0 spiro atoms. The lowest BCUT2D eigenvalue weighted by molar-refractivity contribution is 0.0946. The van der Waals surface area contributed by atoms with Gasteiger partial charge in [-0.2, -0.15) is 5.10 Å². The summed E-state index contributed by atoms with van der Waals surface area (Å²) >= 11 is 0. The third kappa shape index (κ3) is 3.36. The maximum Gasteiger partial charge on any atom is 0.272 e. The number of aryl methyl sites for hydroxylation is 1. The summed E-state index contributed by atoms with van der Waals surface area (Å²) in [7, 11) is 0. The zero-order valence-electron chi connectivity index (χ0n) is 14.3. The van der Waals surface area contributed by atoms with Gasteiger partial charge in [-0.1, -0.05) is 19.1 Å². The summed E-state index contributed by atoms with van der Waals surface area (Å²) in [5, 5.41) is 7.61. The second kappa shape index (κ2) is 7.62. The van der Waals surface area contributed by atoms with E-state index in [0.29, 0.717) is 18.8 Å². The molecule has 1 aromatic carbocycles. The van der Waals surface area contributed by atoms with Crippen LogP contribution in [0.5, 0.6) is 0 Å². The molecular weight excluding hydrogens is 300 g/mol. The fraction of sp³-hybridized carbons (Fsp3) is 0.474. The van der Waals surface area contributed by atoms with Crippen LogP contribution in [0.25, 0.3) is 5.69 Å². The zero-order chi connectivity index (χ0) is 16.9. The van der Waals surface area contributed by atoms with Gasteiger partial charge in [-0.25, -0.2) is 4.68 Å². The number of nitrogens with zero attached hydrogens (tertiary/aromatic N) is 2. The Morgan fingerprint density at radius 3 is 2.75 bits per heavy atom. The molecule has 1 heterocycles. The first-order chi connectivity index (χ1) is 11.7. The Morgan fingerprint density at radius 2 is 2.04 bits per heavy atom. The molecule has 0 saturated carbocycles. The number of aromatic nitrogens is 2. The van der Waals surface area contributed by atoms with Gasteiger partial charge in [-0.05, 0) is 62.8 Å². The molecule has 0 saturated heterocycles. The van der Waals surface area contributed by atoms with Gasteiger partial charge >= 0.3 is 0 Å². The first-order valence-electron chi connectivity index (χ1n) is 8.93. The topological polar surface area (TPSA) is 72.9 Å². The molecule has 2 aromatic rings. The van der Waals surface area contributed by atoms with E-state index >= 15 is 0 Å². The Labute approximate surface area is 143 Å². The Bertz CT molecular complexity index is 703. The number of fused-ring (bicyclic) bond motifs is 1. The van der Waals surface area contributed by atoms with Crippen LogP contribution in [0.3, 0.4) is 0 Å². The highest BCUT2D eigenvalue weighted by atomic mass is 16.1. The van der Waals surface area contributed by atoms with E-state index in [9.17, 15) is 4.79 Å². The van der Waals surface area contributed by atoms with Gasteiger partial charge in [-0.3, -0.25) is 4.79 Å². The van der Waals surface area contributed by atoms with E-state index in [2.05, 4.69) is 41.6 Å².